The fraction of sp³-hybridized carbons (Fsp3) is 0.632. The van der Waals surface area contributed by atoms with Crippen molar-refractivity contribution in [2.75, 3.05) is 20.2 Å². The van der Waals surface area contributed by atoms with E-state index < -0.39 is 0 Å². The zero-order valence-electron chi connectivity index (χ0n) is 15.8. The van der Waals surface area contributed by atoms with Crippen LogP contribution in [0.5, 0.6) is 11.5 Å². The van der Waals surface area contributed by atoms with Crippen LogP contribution in [-0.4, -0.2) is 54.4 Å². The Morgan fingerprint density at radius 1 is 1.36 bits per heavy atom. The zero-order valence-corrected chi connectivity index (χ0v) is 15.8. The topological polar surface area (TPSA) is 71.0 Å². The van der Waals surface area contributed by atoms with Crippen LogP contribution in [0.4, 0.5) is 0 Å². The molecule has 0 aliphatic carbocycles. The third kappa shape index (κ3) is 5.09. The summed E-state index contributed by atoms with van der Waals surface area (Å²) in [6.07, 6.45) is 0.243. The van der Waals surface area contributed by atoms with Crippen LogP contribution in [0.15, 0.2) is 18.2 Å². The maximum absolute atomic E-state index is 12.8. The lowest BCUT2D eigenvalue weighted by Crippen LogP contribution is -2.56. The second kappa shape index (κ2) is 8.54. The number of carbonyl (C=O) groups excluding carboxylic acids is 1. The van der Waals surface area contributed by atoms with Crippen molar-refractivity contribution in [1.29, 1.82) is 0 Å². The Kier molecular flexibility index (Phi) is 6.67. The van der Waals surface area contributed by atoms with E-state index in [1.54, 1.807) is 12.1 Å². The van der Waals surface area contributed by atoms with Gasteiger partial charge in [0.05, 0.1) is 25.4 Å². The number of benzene rings is 1. The Balaban J connectivity index is 2.02. The number of ether oxygens (including phenoxy) is 2. The number of methoxy groups -OCH3 is 1. The molecule has 1 aliphatic heterocycles. The van der Waals surface area contributed by atoms with Gasteiger partial charge in [0.2, 0.25) is 5.91 Å². The maximum Gasteiger partial charge on any atom is 0.237 e. The standard InChI is InChI=1S/C19H30N2O4/c1-12(2)18(21-10-13(3)25-14(4)11-21)19(23)20-9-15-6-7-17(24-5)16(22)8-15/h6-8,12-14,18,22H,9-11H2,1-5H3,(H,20,23). The van der Waals surface area contributed by atoms with Gasteiger partial charge in [-0.2, -0.15) is 0 Å². The molecule has 1 saturated heterocycles. The molecule has 2 rings (SSSR count). The lowest BCUT2D eigenvalue weighted by Gasteiger charge is -2.41. The van der Waals surface area contributed by atoms with E-state index >= 15 is 0 Å². The highest BCUT2D eigenvalue weighted by Crippen LogP contribution is 2.26. The SMILES string of the molecule is COc1ccc(CNC(=O)C(C(C)C)N2CC(C)OC(C)C2)cc1O. The van der Waals surface area contributed by atoms with Gasteiger partial charge in [-0.1, -0.05) is 19.9 Å². The van der Waals surface area contributed by atoms with Crippen molar-refractivity contribution >= 4 is 5.91 Å². The van der Waals surface area contributed by atoms with Gasteiger partial charge in [-0.3, -0.25) is 9.69 Å². The molecular weight excluding hydrogens is 320 g/mol. The van der Waals surface area contributed by atoms with Gasteiger partial charge in [-0.25, -0.2) is 0 Å². The van der Waals surface area contributed by atoms with Crippen LogP contribution in [0.1, 0.15) is 33.3 Å². The Morgan fingerprint density at radius 3 is 2.52 bits per heavy atom. The monoisotopic (exact) mass is 350 g/mol. The molecule has 25 heavy (non-hydrogen) atoms. The lowest BCUT2D eigenvalue weighted by atomic mass is 9.99. The largest absolute Gasteiger partial charge is 0.504 e. The number of hydrogen-bond acceptors (Lipinski definition) is 5. The average Bonchev–Trinajstić information content (AvgIpc) is 2.52. The summed E-state index contributed by atoms with van der Waals surface area (Å²) in [5.41, 5.74) is 0.831. The van der Waals surface area contributed by atoms with Crippen LogP contribution in [0.2, 0.25) is 0 Å². The molecule has 0 radical (unpaired) electrons. The average molecular weight is 350 g/mol. The van der Waals surface area contributed by atoms with Gasteiger partial charge in [0.1, 0.15) is 0 Å². The van der Waals surface area contributed by atoms with Crippen LogP contribution in [0.3, 0.4) is 0 Å². The van der Waals surface area contributed by atoms with E-state index in [-0.39, 0.29) is 35.8 Å². The number of rotatable bonds is 6. The molecule has 3 unspecified atom stereocenters. The quantitative estimate of drug-likeness (QED) is 0.823. The van der Waals surface area contributed by atoms with Crippen molar-refractivity contribution in [3.8, 4) is 11.5 Å². The van der Waals surface area contributed by atoms with Crippen LogP contribution >= 0.6 is 0 Å². The minimum Gasteiger partial charge on any atom is -0.504 e. The number of amides is 1. The highest BCUT2D eigenvalue weighted by molar-refractivity contribution is 5.82. The first-order valence-corrected chi connectivity index (χ1v) is 8.85. The summed E-state index contributed by atoms with van der Waals surface area (Å²) in [4.78, 5) is 15.0. The summed E-state index contributed by atoms with van der Waals surface area (Å²) in [5.74, 6) is 0.699. The van der Waals surface area contributed by atoms with Crippen LogP contribution in [0, 0.1) is 5.92 Å². The predicted octanol–water partition coefficient (Wildman–Crippen LogP) is 2.15. The van der Waals surface area contributed by atoms with Crippen molar-refractivity contribution in [2.45, 2.75) is 52.5 Å². The van der Waals surface area contributed by atoms with Crippen molar-refractivity contribution in [3.05, 3.63) is 23.8 Å². The first-order valence-electron chi connectivity index (χ1n) is 8.85. The fourth-order valence-electron chi connectivity index (χ4n) is 3.47. The number of morpholine rings is 1. The number of phenols is 1. The van der Waals surface area contributed by atoms with Gasteiger partial charge in [-0.05, 0) is 37.5 Å². The van der Waals surface area contributed by atoms with Gasteiger partial charge >= 0.3 is 0 Å². The number of nitrogens with zero attached hydrogens (tertiary/aromatic N) is 1. The third-order valence-corrected chi connectivity index (χ3v) is 4.45. The molecule has 1 aromatic carbocycles. The molecule has 3 atom stereocenters. The Hall–Kier alpha value is -1.79. The predicted molar refractivity (Wildman–Crippen MR) is 96.7 cm³/mol. The molecule has 1 fully saturated rings. The van der Waals surface area contributed by atoms with Crippen LogP contribution in [-0.2, 0) is 16.1 Å². The number of nitrogens with one attached hydrogen (secondary N) is 1. The Morgan fingerprint density at radius 2 is 2.00 bits per heavy atom. The van der Waals surface area contributed by atoms with Gasteiger partial charge in [0.15, 0.2) is 11.5 Å². The molecular formula is C19H30N2O4. The van der Waals surface area contributed by atoms with E-state index in [2.05, 4.69) is 24.1 Å². The van der Waals surface area contributed by atoms with E-state index in [4.69, 9.17) is 9.47 Å². The summed E-state index contributed by atoms with van der Waals surface area (Å²) >= 11 is 0. The first-order chi connectivity index (χ1) is 11.8. The molecule has 1 heterocycles. The molecule has 6 heteroatoms. The molecule has 1 aliphatic rings. The number of carbonyl (C=O) groups is 1. The molecule has 140 valence electrons. The smallest absolute Gasteiger partial charge is 0.237 e. The molecule has 0 saturated carbocycles. The summed E-state index contributed by atoms with van der Waals surface area (Å²) in [5, 5.41) is 12.9. The lowest BCUT2D eigenvalue weighted by molar-refractivity contribution is -0.135. The second-order valence-corrected chi connectivity index (χ2v) is 7.12. The minimum absolute atomic E-state index is 0.00612. The van der Waals surface area contributed by atoms with E-state index in [1.807, 2.05) is 19.9 Å². The second-order valence-electron chi connectivity index (χ2n) is 7.12. The van der Waals surface area contributed by atoms with Crippen LogP contribution < -0.4 is 10.1 Å². The van der Waals surface area contributed by atoms with Gasteiger partial charge in [0.25, 0.3) is 0 Å². The first kappa shape index (κ1) is 19.5. The van der Waals surface area contributed by atoms with E-state index in [1.165, 1.54) is 7.11 Å². The van der Waals surface area contributed by atoms with Crippen molar-refractivity contribution in [1.82, 2.24) is 10.2 Å². The maximum atomic E-state index is 12.8. The molecule has 1 amide bonds. The minimum atomic E-state index is -0.194. The van der Waals surface area contributed by atoms with Gasteiger partial charge in [0, 0.05) is 19.6 Å². The third-order valence-electron chi connectivity index (χ3n) is 4.45. The van der Waals surface area contributed by atoms with Crippen LogP contribution in [0.25, 0.3) is 0 Å². The normalized spacial score (nSPS) is 22.6. The van der Waals surface area contributed by atoms with Gasteiger partial charge < -0.3 is 19.9 Å². The highest BCUT2D eigenvalue weighted by atomic mass is 16.5. The van der Waals surface area contributed by atoms with E-state index in [0.717, 1.165) is 18.7 Å². The van der Waals surface area contributed by atoms with E-state index in [0.29, 0.717) is 12.3 Å². The molecule has 2 N–H and O–H groups in total. The molecule has 1 aromatic rings. The molecule has 0 bridgehead atoms. The fourth-order valence-corrected chi connectivity index (χ4v) is 3.47. The highest BCUT2D eigenvalue weighted by Gasteiger charge is 2.33. The summed E-state index contributed by atoms with van der Waals surface area (Å²) in [7, 11) is 1.51. The Labute approximate surface area is 150 Å². The number of phenolic OH excluding ortho intramolecular Hbond substituents is 1. The summed E-state index contributed by atoms with van der Waals surface area (Å²) in [6.45, 7) is 10.1. The van der Waals surface area contributed by atoms with E-state index in [9.17, 15) is 9.90 Å². The molecule has 0 spiro atoms. The van der Waals surface area contributed by atoms with Crippen molar-refractivity contribution in [3.63, 3.8) is 0 Å². The Bertz CT molecular complexity index is 581. The summed E-state index contributed by atoms with van der Waals surface area (Å²) in [6, 6.07) is 4.95. The number of hydrogen-bond donors (Lipinski definition) is 2. The van der Waals surface area contributed by atoms with Crippen molar-refractivity contribution < 1.29 is 19.4 Å². The number of aromatic hydroxyl groups is 1. The van der Waals surface area contributed by atoms with Crippen molar-refractivity contribution in [2.24, 2.45) is 5.92 Å². The summed E-state index contributed by atoms with van der Waals surface area (Å²) < 4.78 is 10.8. The van der Waals surface area contributed by atoms with Gasteiger partial charge in [-0.15, -0.1) is 0 Å². The molecule has 6 nitrogen and oxygen atoms in total. The zero-order chi connectivity index (χ0) is 18.6. The molecule has 0 aromatic heterocycles.